The van der Waals surface area contributed by atoms with Crippen LogP contribution in [0.3, 0.4) is 0 Å². The lowest BCUT2D eigenvalue weighted by molar-refractivity contribution is -0.136. The molecule has 1 fully saturated rings. The first-order valence-corrected chi connectivity index (χ1v) is 8.68. The van der Waals surface area contributed by atoms with Crippen molar-refractivity contribution in [1.29, 1.82) is 0 Å². The van der Waals surface area contributed by atoms with Crippen LogP contribution in [0.25, 0.3) is 32.3 Å². The van der Waals surface area contributed by atoms with E-state index in [0.717, 1.165) is 26.9 Å². The van der Waals surface area contributed by atoms with Gasteiger partial charge in [0.15, 0.2) is 0 Å². The number of imide groups is 1. The number of nitrogens with one attached hydrogen (secondary N) is 1. The summed E-state index contributed by atoms with van der Waals surface area (Å²) < 4.78 is 0. The van der Waals surface area contributed by atoms with E-state index < -0.39 is 0 Å². The molecule has 4 aromatic carbocycles. The van der Waals surface area contributed by atoms with Gasteiger partial charge in [0.2, 0.25) is 11.8 Å². The van der Waals surface area contributed by atoms with Crippen LogP contribution in [0.2, 0.25) is 0 Å². The van der Waals surface area contributed by atoms with Gasteiger partial charge in [0.1, 0.15) is 0 Å². The minimum absolute atomic E-state index is 0.182. The van der Waals surface area contributed by atoms with E-state index >= 15 is 0 Å². The van der Waals surface area contributed by atoms with Crippen molar-refractivity contribution in [3.63, 3.8) is 0 Å². The molecule has 0 radical (unpaired) electrons. The van der Waals surface area contributed by atoms with Crippen molar-refractivity contribution < 1.29 is 9.59 Å². The van der Waals surface area contributed by atoms with Crippen molar-refractivity contribution in [2.75, 3.05) is 5.43 Å². The molecule has 0 unspecified atom stereocenters. The largest absolute Gasteiger partial charge is 0.289 e. The molecule has 4 nitrogen and oxygen atoms in total. The summed E-state index contributed by atoms with van der Waals surface area (Å²) in [5, 5.41) is 8.16. The second kappa shape index (κ2) is 5.56. The minimum atomic E-state index is -0.182. The summed E-state index contributed by atoms with van der Waals surface area (Å²) >= 11 is 0. The second-order valence-corrected chi connectivity index (χ2v) is 6.59. The van der Waals surface area contributed by atoms with Crippen LogP contribution in [0.4, 0.5) is 5.69 Å². The first kappa shape index (κ1) is 14.9. The number of hydrogen-bond acceptors (Lipinski definition) is 3. The molecule has 126 valence electrons. The molecule has 0 aliphatic carbocycles. The van der Waals surface area contributed by atoms with Gasteiger partial charge < -0.3 is 0 Å². The third-order valence-electron chi connectivity index (χ3n) is 5.04. The number of rotatable bonds is 2. The Hall–Kier alpha value is -3.40. The van der Waals surface area contributed by atoms with E-state index in [1.165, 1.54) is 16.2 Å². The number of hydrazine groups is 1. The van der Waals surface area contributed by atoms with Crippen LogP contribution in [0.1, 0.15) is 12.8 Å². The number of hydrogen-bond donors (Lipinski definition) is 1. The van der Waals surface area contributed by atoms with E-state index in [1.54, 1.807) is 0 Å². The van der Waals surface area contributed by atoms with Crippen molar-refractivity contribution in [1.82, 2.24) is 5.01 Å². The zero-order valence-electron chi connectivity index (χ0n) is 14.0. The zero-order valence-corrected chi connectivity index (χ0v) is 14.0. The molecule has 4 aromatic rings. The number of nitrogens with zero attached hydrogens (tertiary/aromatic N) is 1. The van der Waals surface area contributed by atoms with Crippen molar-refractivity contribution in [2.45, 2.75) is 12.8 Å². The Morgan fingerprint density at radius 3 is 1.62 bits per heavy atom. The van der Waals surface area contributed by atoms with E-state index in [1.807, 2.05) is 30.3 Å². The lowest BCUT2D eigenvalue weighted by Crippen LogP contribution is -2.34. The number of fused-ring (bicyclic) bond motifs is 6. The molecule has 0 saturated carbocycles. The predicted molar refractivity (Wildman–Crippen MR) is 104 cm³/mol. The highest BCUT2D eigenvalue weighted by atomic mass is 16.2. The molecule has 1 heterocycles. The molecule has 2 amide bonds. The van der Waals surface area contributed by atoms with Gasteiger partial charge in [0.05, 0.1) is 5.69 Å². The Balaban J connectivity index is 1.75. The molecular formula is C22H16N2O2. The maximum absolute atomic E-state index is 11.9. The number of anilines is 1. The number of carbonyl (C=O) groups excluding carboxylic acids is 2. The van der Waals surface area contributed by atoms with Crippen LogP contribution >= 0.6 is 0 Å². The highest BCUT2D eigenvalue weighted by Crippen LogP contribution is 2.36. The molecule has 5 rings (SSSR count). The van der Waals surface area contributed by atoms with Crippen LogP contribution in [-0.4, -0.2) is 16.8 Å². The fraction of sp³-hybridized carbons (Fsp3) is 0.0909. The molecule has 0 bridgehead atoms. The summed E-state index contributed by atoms with van der Waals surface area (Å²) in [4.78, 5) is 23.8. The van der Waals surface area contributed by atoms with Gasteiger partial charge in [-0.05, 0) is 44.5 Å². The smallest absolute Gasteiger partial charge is 0.248 e. The Morgan fingerprint density at radius 2 is 1.08 bits per heavy atom. The Labute approximate surface area is 150 Å². The molecule has 4 heteroatoms. The van der Waals surface area contributed by atoms with Crippen LogP contribution in [0.5, 0.6) is 0 Å². The fourth-order valence-electron chi connectivity index (χ4n) is 3.81. The van der Waals surface area contributed by atoms with E-state index in [4.69, 9.17) is 0 Å². The van der Waals surface area contributed by atoms with Gasteiger partial charge in [0.25, 0.3) is 0 Å². The van der Waals surface area contributed by atoms with Crippen LogP contribution < -0.4 is 5.43 Å². The summed E-state index contributed by atoms with van der Waals surface area (Å²) in [7, 11) is 0. The molecule has 1 N–H and O–H groups in total. The quantitative estimate of drug-likeness (QED) is 0.428. The first-order valence-electron chi connectivity index (χ1n) is 8.68. The van der Waals surface area contributed by atoms with Gasteiger partial charge in [-0.25, -0.2) is 0 Å². The van der Waals surface area contributed by atoms with Crippen molar-refractivity contribution in [3.8, 4) is 0 Å². The molecule has 0 aromatic heterocycles. The predicted octanol–water partition coefficient (Wildman–Crippen LogP) is 4.62. The van der Waals surface area contributed by atoms with Gasteiger partial charge >= 0.3 is 0 Å². The topological polar surface area (TPSA) is 49.4 Å². The van der Waals surface area contributed by atoms with Gasteiger partial charge in [-0.1, -0.05) is 54.6 Å². The molecule has 1 saturated heterocycles. The fourth-order valence-corrected chi connectivity index (χ4v) is 3.81. The molecular weight excluding hydrogens is 324 g/mol. The Morgan fingerprint density at radius 1 is 0.615 bits per heavy atom. The summed E-state index contributed by atoms with van der Waals surface area (Å²) in [5.74, 6) is -0.364. The van der Waals surface area contributed by atoms with Gasteiger partial charge in [-0.15, -0.1) is 0 Å². The maximum atomic E-state index is 11.9. The van der Waals surface area contributed by atoms with E-state index in [9.17, 15) is 9.59 Å². The van der Waals surface area contributed by atoms with Crippen LogP contribution in [0.15, 0.2) is 66.7 Å². The monoisotopic (exact) mass is 340 g/mol. The maximum Gasteiger partial charge on any atom is 0.248 e. The highest BCUT2D eigenvalue weighted by Gasteiger charge is 2.29. The van der Waals surface area contributed by atoms with E-state index in [0.29, 0.717) is 0 Å². The summed E-state index contributed by atoms with van der Waals surface area (Å²) in [6, 6.07) is 22.7. The second-order valence-electron chi connectivity index (χ2n) is 6.59. The van der Waals surface area contributed by atoms with Gasteiger partial charge in [0, 0.05) is 12.8 Å². The van der Waals surface area contributed by atoms with Crippen LogP contribution in [0, 0.1) is 0 Å². The van der Waals surface area contributed by atoms with Crippen molar-refractivity contribution >= 4 is 49.8 Å². The molecule has 0 atom stereocenters. The normalized spacial score (nSPS) is 14.7. The minimum Gasteiger partial charge on any atom is -0.289 e. The molecule has 1 aliphatic rings. The molecule has 0 spiro atoms. The van der Waals surface area contributed by atoms with Gasteiger partial charge in [-0.2, -0.15) is 5.01 Å². The van der Waals surface area contributed by atoms with Crippen molar-refractivity contribution in [3.05, 3.63) is 66.7 Å². The third kappa shape index (κ3) is 2.15. The summed E-state index contributed by atoms with van der Waals surface area (Å²) in [6.07, 6.45) is 0.542. The van der Waals surface area contributed by atoms with Crippen LogP contribution in [-0.2, 0) is 9.59 Å². The summed E-state index contributed by atoms with van der Waals surface area (Å²) in [6.45, 7) is 0. The Bertz CT molecular complexity index is 1160. The molecule has 1 aliphatic heterocycles. The first-order chi connectivity index (χ1) is 12.7. The Kier molecular flexibility index (Phi) is 3.19. The summed E-state index contributed by atoms with van der Waals surface area (Å²) in [5.41, 5.74) is 3.72. The molecule has 26 heavy (non-hydrogen) atoms. The highest BCUT2D eigenvalue weighted by molar-refractivity contribution is 6.25. The third-order valence-corrected chi connectivity index (χ3v) is 5.04. The van der Waals surface area contributed by atoms with E-state index in [2.05, 4.69) is 41.8 Å². The van der Waals surface area contributed by atoms with Gasteiger partial charge in [-0.3, -0.25) is 15.0 Å². The average molecular weight is 340 g/mol. The average Bonchev–Trinajstić information content (AvgIpc) is 3.00. The lowest BCUT2D eigenvalue weighted by atomic mass is 9.94. The number of amides is 2. The van der Waals surface area contributed by atoms with E-state index in [-0.39, 0.29) is 24.7 Å². The SMILES string of the molecule is O=C1CCC(=O)N1Nc1ccc2c3ccccc3c3ccccc3c2c1. The standard InChI is InChI=1S/C22H16N2O2/c25-21-11-12-22(26)24(21)23-14-9-10-19-17-7-2-1-5-15(17)16-6-3-4-8-18(16)20(19)13-14/h1-10,13,23H,11-12H2. The number of benzene rings is 4. The number of carbonyl (C=O) groups is 2. The zero-order chi connectivity index (χ0) is 17.7. The van der Waals surface area contributed by atoms with Crippen molar-refractivity contribution in [2.24, 2.45) is 0 Å². The lowest BCUT2D eigenvalue weighted by Gasteiger charge is -2.17.